The Hall–Kier alpha value is -1.70. The summed E-state index contributed by atoms with van der Waals surface area (Å²) < 4.78 is 27.7. The van der Waals surface area contributed by atoms with E-state index in [2.05, 4.69) is 4.98 Å². The zero-order valence-corrected chi connectivity index (χ0v) is 12.6. The third-order valence-electron chi connectivity index (χ3n) is 3.85. The number of imidazole rings is 1. The summed E-state index contributed by atoms with van der Waals surface area (Å²) in [5.74, 6) is 0.144. The van der Waals surface area contributed by atoms with Gasteiger partial charge in [0, 0.05) is 38.3 Å². The predicted octanol–water partition coefficient (Wildman–Crippen LogP) is 0.741. The number of hydrogen-bond acceptors (Lipinski definition) is 4. The van der Waals surface area contributed by atoms with Gasteiger partial charge in [-0.3, -0.25) is 0 Å². The molecule has 1 fully saturated rings. The molecule has 0 unspecified atom stereocenters. The van der Waals surface area contributed by atoms with Crippen molar-refractivity contribution in [2.24, 2.45) is 18.7 Å². The zero-order chi connectivity index (χ0) is 15.0. The molecule has 0 saturated carbocycles. The summed E-state index contributed by atoms with van der Waals surface area (Å²) >= 11 is 0. The van der Waals surface area contributed by atoms with Gasteiger partial charge in [0.1, 0.15) is 0 Å². The molecule has 112 valence electrons. The quantitative estimate of drug-likeness (QED) is 0.903. The molecule has 1 atom stereocenters. The first-order valence-corrected chi connectivity index (χ1v) is 8.21. The van der Waals surface area contributed by atoms with Gasteiger partial charge in [0.25, 0.3) is 10.0 Å². The number of rotatable bonds is 4. The number of benzene rings is 1. The molecule has 0 radical (unpaired) electrons. The molecule has 7 heteroatoms. The fourth-order valence-electron chi connectivity index (χ4n) is 2.49. The molecule has 2 N–H and O–H groups in total. The van der Waals surface area contributed by atoms with E-state index in [1.807, 2.05) is 30.3 Å². The number of sulfonamides is 1. The lowest BCUT2D eigenvalue weighted by Gasteiger charge is -2.40. The summed E-state index contributed by atoms with van der Waals surface area (Å²) in [6, 6.07) is 9.63. The van der Waals surface area contributed by atoms with Crippen molar-refractivity contribution in [2.45, 2.75) is 11.1 Å². The van der Waals surface area contributed by atoms with Gasteiger partial charge in [0.2, 0.25) is 0 Å². The summed E-state index contributed by atoms with van der Waals surface area (Å²) in [4.78, 5) is 3.92. The summed E-state index contributed by atoms with van der Waals surface area (Å²) in [6.07, 6.45) is 3.00. The van der Waals surface area contributed by atoms with Gasteiger partial charge in [-0.2, -0.15) is 4.31 Å². The summed E-state index contributed by atoms with van der Waals surface area (Å²) in [6.45, 7) is 0.879. The highest BCUT2D eigenvalue weighted by molar-refractivity contribution is 7.89. The highest BCUT2D eigenvalue weighted by Crippen LogP contribution is 2.31. The maximum absolute atomic E-state index is 12.3. The Morgan fingerprint density at radius 1 is 1.29 bits per heavy atom. The Kier molecular flexibility index (Phi) is 3.56. The summed E-state index contributed by atoms with van der Waals surface area (Å²) in [5, 5.41) is 0.0942. The number of nitrogens with two attached hydrogens (primary N) is 1. The van der Waals surface area contributed by atoms with Crippen LogP contribution in [0.15, 0.2) is 47.9 Å². The lowest BCUT2D eigenvalue weighted by Crippen LogP contribution is -2.53. The van der Waals surface area contributed by atoms with Crippen LogP contribution in [0.2, 0.25) is 0 Å². The van der Waals surface area contributed by atoms with E-state index in [9.17, 15) is 8.42 Å². The molecule has 21 heavy (non-hydrogen) atoms. The van der Waals surface area contributed by atoms with Crippen LogP contribution in [-0.2, 0) is 17.1 Å². The second-order valence-corrected chi connectivity index (χ2v) is 7.28. The van der Waals surface area contributed by atoms with Crippen molar-refractivity contribution in [1.82, 2.24) is 13.9 Å². The number of aryl methyl sites for hydroxylation is 1. The minimum Gasteiger partial charge on any atom is -0.339 e. The van der Waals surface area contributed by atoms with E-state index in [0.29, 0.717) is 13.1 Å². The third-order valence-corrected chi connectivity index (χ3v) is 5.57. The molecule has 3 rings (SSSR count). The number of nitrogens with zero attached hydrogens (tertiary/aromatic N) is 3. The first kappa shape index (κ1) is 14.2. The molecule has 2 heterocycles. The van der Waals surface area contributed by atoms with E-state index in [-0.39, 0.29) is 17.0 Å². The second-order valence-electron chi connectivity index (χ2n) is 5.40. The molecule has 1 aromatic heterocycles. The molecule has 0 bridgehead atoms. The minimum absolute atomic E-state index is 0.0942. The van der Waals surface area contributed by atoms with E-state index in [4.69, 9.17) is 5.73 Å². The Labute approximate surface area is 124 Å². The van der Waals surface area contributed by atoms with Crippen LogP contribution in [0.25, 0.3) is 0 Å². The van der Waals surface area contributed by atoms with Crippen molar-refractivity contribution in [3.05, 3.63) is 48.4 Å². The maximum Gasteiger partial charge on any atom is 0.262 e. The lowest BCUT2D eigenvalue weighted by atomic mass is 9.89. The molecule has 1 aliphatic rings. The summed E-state index contributed by atoms with van der Waals surface area (Å²) in [7, 11) is -1.74. The smallest absolute Gasteiger partial charge is 0.262 e. The van der Waals surface area contributed by atoms with Crippen LogP contribution < -0.4 is 5.73 Å². The molecular formula is C14H18N4O2S. The van der Waals surface area contributed by atoms with Crippen LogP contribution in [0.1, 0.15) is 11.6 Å². The summed E-state index contributed by atoms with van der Waals surface area (Å²) in [5.41, 5.74) is 7.25. The van der Waals surface area contributed by atoms with Crippen molar-refractivity contribution in [3.63, 3.8) is 0 Å². The van der Waals surface area contributed by atoms with Crippen molar-refractivity contribution in [2.75, 3.05) is 13.1 Å². The molecule has 1 aromatic carbocycles. The molecule has 1 aliphatic heterocycles. The maximum atomic E-state index is 12.3. The molecule has 2 aromatic rings. The molecule has 1 saturated heterocycles. The molecule has 0 spiro atoms. The number of aromatic nitrogens is 2. The average Bonchev–Trinajstić information content (AvgIpc) is 2.85. The molecule has 0 amide bonds. The van der Waals surface area contributed by atoms with Gasteiger partial charge in [0.05, 0.1) is 6.33 Å². The highest BCUT2D eigenvalue weighted by Gasteiger charge is 2.40. The van der Waals surface area contributed by atoms with Crippen LogP contribution in [-0.4, -0.2) is 35.4 Å². The van der Waals surface area contributed by atoms with Crippen molar-refractivity contribution in [3.8, 4) is 0 Å². The van der Waals surface area contributed by atoms with Crippen molar-refractivity contribution < 1.29 is 8.42 Å². The van der Waals surface area contributed by atoms with Gasteiger partial charge < -0.3 is 10.3 Å². The van der Waals surface area contributed by atoms with Crippen LogP contribution in [0, 0.1) is 5.92 Å². The standard InChI is InChI=1S/C14H18N4O2S/c1-17-9-13(16-10-17)21(19,20)18-7-12(8-18)14(15)11-5-3-2-4-6-11/h2-6,9-10,12,14H,7-8,15H2,1H3/t14-/m1/s1. The fraction of sp³-hybridized carbons (Fsp3) is 0.357. The van der Waals surface area contributed by atoms with E-state index in [1.54, 1.807) is 11.6 Å². The molecule has 6 nitrogen and oxygen atoms in total. The van der Waals surface area contributed by atoms with Gasteiger partial charge in [-0.1, -0.05) is 30.3 Å². The molecular weight excluding hydrogens is 288 g/mol. The lowest BCUT2D eigenvalue weighted by molar-refractivity contribution is 0.171. The normalized spacial score (nSPS) is 18.4. The fourth-order valence-corrected chi connectivity index (χ4v) is 4.01. The highest BCUT2D eigenvalue weighted by atomic mass is 32.2. The predicted molar refractivity (Wildman–Crippen MR) is 78.8 cm³/mol. The zero-order valence-electron chi connectivity index (χ0n) is 11.8. The number of hydrogen-bond donors (Lipinski definition) is 1. The average molecular weight is 306 g/mol. The van der Waals surface area contributed by atoms with Crippen LogP contribution in [0.4, 0.5) is 0 Å². The Bertz CT molecular complexity index is 720. The third kappa shape index (κ3) is 2.59. The minimum atomic E-state index is -3.48. The van der Waals surface area contributed by atoms with E-state index < -0.39 is 10.0 Å². The first-order valence-electron chi connectivity index (χ1n) is 6.77. The van der Waals surface area contributed by atoms with Gasteiger partial charge >= 0.3 is 0 Å². The van der Waals surface area contributed by atoms with Crippen LogP contribution >= 0.6 is 0 Å². The van der Waals surface area contributed by atoms with Gasteiger partial charge in [-0.05, 0) is 5.56 Å². The Morgan fingerprint density at radius 2 is 1.95 bits per heavy atom. The van der Waals surface area contributed by atoms with Gasteiger partial charge in [-0.25, -0.2) is 13.4 Å². The Morgan fingerprint density at radius 3 is 2.52 bits per heavy atom. The van der Waals surface area contributed by atoms with E-state index in [0.717, 1.165) is 5.56 Å². The topological polar surface area (TPSA) is 81.2 Å². The van der Waals surface area contributed by atoms with Gasteiger partial charge in [-0.15, -0.1) is 0 Å². The first-order chi connectivity index (χ1) is 9.98. The van der Waals surface area contributed by atoms with Crippen molar-refractivity contribution >= 4 is 10.0 Å². The van der Waals surface area contributed by atoms with Crippen molar-refractivity contribution in [1.29, 1.82) is 0 Å². The van der Waals surface area contributed by atoms with Gasteiger partial charge in [0.15, 0.2) is 5.03 Å². The SMILES string of the molecule is Cn1cnc(S(=O)(=O)N2CC([C@H](N)c3ccccc3)C2)c1. The second kappa shape index (κ2) is 5.25. The van der Waals surface area contributed by atoms with E-state index >= 15 is 0 Å². The monoisotopic (exact) mass is 306 g/mol. The Balaban J connectivity index is 1.68. The molecule has 0 aliphatic carbocycles. The van der Waals surface area contributed by atoms with Crippen LogP contribution in [0.5, 0.6) is 0 Å². The largest absolute Gasteiger partial charge is 0.339 e. The van der Waals surface area contributed by atoms with Crippen LogP contribution in [0.3, 0.4) is 0 Å². The van der Waals surface area contributed by atoms with E-state index in [1.165, 1.54) is 16.8 Å².